The second-order valence-corrected chi connectivity index (χ2v) is 5.90. The molecule has 0 amide bonds. The highest BCUT2D eigenvalue weighted by atomic mass is 32.2. The van der Waals surface area contributed by atoms with Crippen LogP contribution in [0.4, 0.5) is 0 Å². The van der Waals surface area contributed by atoms with E-state index in [1.165, 1.54) is 10.5 Å². The van der Waals surface area contributed by atoms with Gasteiger partial charge in [-0.15, -0.1) is 11.8 Å². The van der Waals surface area contributed by atoms with Crippen LogP contribution in [0.5, 0.6) is 0 Å². The Morgan fingerprint density at radius 1 is 1.35 bits per heavy atom. The lowest BCUT2D eigenvalue weighted by atomic mass is 10.1. The predicted octanol–water partition coefficient (Wildman–Crippen LogP) is 3.32. The lowest BCUT2D eigenvalue weighted by Crippen LogP contribution is -1.96. The van der Waals surface area contributed by atoms with Gasteiger partial charge in [0.2, 0.25) is 0 Å². The van der Waals surface area contributed by atoms with Crippen LogP contribution in [0.25, 0.3) is 0 Å². The molecule has 1 aliphatic rings. The van der Waals surface area contributed by atoms with Crippen molar-refractivity contribution in [3.05, 3.63) is 41.5 Å². The van der Waals surface area contributed by atoms with Crippen molar-refractivity contribution in [2.24, 2.45) is 0 Å². The van der Waals surface area contributed by atoms with Crippen molar-refractivity contribution in [2.75, 3.05) is 0 Å². The van der Waals surface area contributed by atoms with E-state index in [0.717, 1.165) is 18.1 Å². The van der Waals surface area contributed by atoms with Gasteiger partial charge in [0.25, 0.3) is 0 Å². The average molecular weight is 245 g/mol. The van der Waals surface area contributed by atoms with Gasteiger partial charge in [-0.25, -0.2) is 4.98 Å². The van der Waals surface area contributed by atoms with Gasteiger partial charge in [-0.05, 0) is 18.1 Å². The van der Waals surface area contributed by atoms with Gasteiger partial charge in [0, 0.05) is 10.8 Å². The highest BCUT2D eigenvalue weighted by molar-refractivity contribution is 7.99. The number of hydrogen-bond donors (Lipinski definition) is 1. The normalized spacial score (nSPS) is 18.6. The molecular formula is C13H15N3S. The molecule has 3 rings (SSSR count). The molecule has 0 fully saturated rings. The van der Waals surface area contributed by atoms with Crippen molar-refractivity contribution in [2.45, 2.75) is 36.3 Å². The molecule has 1 N–H and O–H groups in total. The minimum atomic E-state index is 0.383. The lowest BCUT2D eigenvalue weighted by Gasteiger charge is -2.02. The quantitative estimate of drug-likeness (QED) is 0.882. The van der Waals surface area contributed by atoms with E-state index in [9.17, 15) is 0 Å². The third kappa shape index (κ3) is 1.97. The molecule has 17 heavy (non-hydrogen) atoms. The summed E-state index contributed by atoms with van der Waals surface area (Å²) in [6, 6.07) is 8.57. The van der Waals surface area contributed by atoms with Crippen molar-refractivity contribution in [3.8, 4) is 0 Å². The van der Waals surface area contributed by atoms with Crippen LogP contribution < -0.4 is 0 Å². The van der Waals surface area contributed by atoms with E-state index < -0.39 is 0 Å². The van der Waals surface area contributed by atoms with Crippen LogP contribution in [0.2, 0.25) is 0 Å². The zero-order chi connectivity index (χ0) is 11.8. The molecule has 0 spiro atoms. The van der Waals surface area contributed by atoms with Crippen molar-refractivity contribution in [1.29, 1.82) is 0 Å². The van der Waals surface area contributed by atoms with Crippen molar-refractivity contribution in [3.63, 3.8) is 0 Å². The van der Waals surface area contributed by atoms with Crippen molar-refractivity contribution >= 4 is 11.8 Å². The first-order valence-electron chi connectivity index (χ1n) is 5.91. The van der Waals surface area contributed by atoms with E-state index in [0.29, 0.717) is 11.2 Å². The van der Waals surface area contributed by atoms with Crippen molar-refractivity contribution in [1.82, 2.24) is 15.2 Å². The van der Waals surface area contributed by atoms with Gasteiger partial charge in [0.1, 0.15) is 5.82 Å². The summed E-state index contributed by atoms with van der Waals surface area (Å²) in [6.45, 7) is 4.23. The zero-order valence-corrected chi connectivity index (χ0v) is 10.8. The molecule has 2 heterocycles. The van der Waals surface area contributed by atoms with Crippen LogP contribution in [0.3, 0.4) is 0 Å². The first kappa shape index (κ1) is 10.8. The Hall–Kier alpha value is -1.29. The Kier molecular flexibility index (Phi) is 2.67. The van der Waals surface area contributed by atoms with Crippen LogP contribution >= 0.6 is 11.8 Å². The fourth-order valence-corrected chi connectivity index (χ4v) is 3.27. The Balaban J connectivity index is 1.84. The van der Waals surface area contributed by atoms with Gasteiger partial charge in [0.15, 0.2) is 5.82 Å². The maximum absolute atomic E-state index is 4.59. The molecule has 0 saturated heterocycles. The largest absolute Gasteiger partial charge is 0.262 e. The zero-order valence-electron chi connectivity index (χ0n) is 9.97. The van der Waals surface area contributed by atoms with Crippen LogP contribution in [-0.4, -0.2) is 15.2 Å². The van der Waals surface area contributed by atoms with Gasteiger partial charge < -0.3 is 0 Å². The van der Waals surface area contributed by atoms with Crippen LogP contribution in [0.15, 0.2) is 29.2 Å². The Morgan fingerprint density at radius 2 is 2.18 bits per heavy atom. The first-order chi connectivity index (χ1) is 8.24. The fourth-order valence-electron chi connectivity index (χ4n) is 2.02. The molecule has 1 aromatic carbocycles. The summed E-state index contributed by atoms with van der Waals surface area (Å²) in [5, 5.41) is 7.75. The number of nitrogens with one attached hydrogen (secondary N) is 1. The van der Waals surface area contributed by atoms with Crippen LogP contribution in [-0.2, 0) is 6.42 Å². The molecule has 0 radical (unpaired) electrons. The summed E-state index contributed by atoms with van der Waals surface area (Å²) in [5.41, 5.74) is 1.42. The monoisotopic (exact) mass is 245 g/mol. The molecular weight excluding hydrogens is 230 g/mol. The second-order valence-electron chi connectivity index (χ2n) is 4.65. The third-order valence-corrected chi connectivity index (χ3v) is 4.32. The summed E-state index contributed by atoms with van der Waals surface area (Å²) >= 11 is 1.88. The molecule has 2 aromatic rings. The number of aromatic amines is 1. The third-order valence-electron chi connectivity index (χ3n) is 2.99. The molecule has 1 aromatic heterocycles. The molecule has 1 atom stereocenters. The van der Waals surface area contributed by atoms with Gasteiger partial charge in [-0.3, -0.25) is 5.10 Å². The number of rotatable bonds is 2. The van der Waals surface area contributed by atoms with E-state index >= 15 is 0 Å². The van der Waals surface area contributed by atoms with E-state index in [4.69, 9.17) is 0 Å². The SMILES string of the molecule is CC(C)c1n[nH]c(C2Cc3ccccc3S2)n1. The number of H-pyrrole nitrogens is 1. The minimum absolute atomic E-state index is 0.383. The molecule has 0 bridgehead atoms. The second kappa shape index (κ2) is 4.18. The summed E-state index contributed by atoms with van der Waals surface area (Å²) in [5.74, 6) is 2.31. The topological polar surface area (TPSA) is 41.6 Å². The Bertz CT molecular complexity index is 508. The first-order valence-corrected chi connectivity index (χ1v) is 6.79. The van der Waals surface area contributed by atoms with E-state index in [-0.39, 0.29) is 0 Å². The number of fused-ring (bicyclic) bond motifs is 1. The van der Waals surface area contributed by atoms with Crippen molar-refractivity contribution < 1.29 is 0 Å². The standard InChI is InChI=1S/C13H15N3S/c1-8(2)12-14-13(16-15-12)11-7-9-5-3-4-6-10(9)17-11/h3-6,8,11H,7H2,1-2H3,(H,14,15,16). The van der Waals surface area contributed by atoms with E-state index in [1.54, 1.807) is 0 Å². The van der Waals surface area contributed by atoms with E-state index in [1.807, 2.05) is 11.8 Å². The summed E-state index contributed by atoms with van der Waals surface area (Å²) in [7, 11) is 0. The summed E-state index contributed by atoms with van der Waals surface area (Å²) in [4.78, 5) is 5.96. The minimum Gasteiger partial charge on any atom is -0.262 e. The maximum Gasteiger partial charge on any atom is 0.153 e. The Labute approximate surface area is 105 Å². The van der Waals surface area contributed by atoms with E-state index in [2.05, 4.69) is 53.3 Å². The smallest absolute Gasteiger partial charge is 0.153 e. The summed E-state index contributed by atoms with van der Waals surface area (Å²) in [6.07, 6.45) is 1.05. The van der Waals surface area contributed by atoms with Crippen LogP contribution in [0.1, 0.15) is 42.2 Å². The number of thioether (sulfide) groups is 1. The van der Waals surface area contributed by atoms with Crippen LogP contribution in [0, 0.1) is 0 Å². The summed E-state index contributed by atoms with van der Waals surface area (Å²) < 4.78 is 0. The molecule has 88 valence electrons. The number of nitrogens with zero attached hydrogens (tertiary/aromatic N) is 2. The highest BCUT2D eigenvalue weighted by Crippen LogP contribution is 2.45. The molecule has 1 aliphatic heterocycles. The number of aromatic nitrogens is 3. The Morgan fingerprint density at radius 3 is 2.88 bits per heavy atom. The predicted molar refractivity (Wildman–Crippen MR) is 69.2 cm³/mol. The average Bonchev–Trinajstić information content (AvgIpc) is 2.95. The fraction of sp³-hybridized carbons (Fsp3) is 0.385. The number of benzene rings is 1. The van der Waals surface area contributed by atoms with Gasteiger partial charge >= 0.3 is 0 Å². The molecule has 0 saturated carbocycles. The molecule has 1 unspecified atom stereocenters. The van der Waals surface area contributed by atoms with Gasteiger partial charge in [-0.2, -0.15) is 5.10 Å². The van der Waals surface area contributed by atoms with Gasteiger partial charge in [0.05, 0.1) is 5.25 Å². The maximum atomic E-state index is 4.59. The lowest BCUT2D eigenvalue weighted by molar-refractivity contribution is 0.779. The number of hydrogen-bond acceptors (Lipinski definition) is 3. The molecule has 3 nitrogen and oxygen atoms in total. The molecule has 0 aliphatic carbocycles. The van der Waals surface area contributed by atoms with Gasteiger partial charge in [-0.1, -0.05) is 32.0 Å². The highest BCUT2D eigenvalue weighted by Gasteiger charge is 2.26. The molecule has 4 heteroatoms.